The third-order valence-corrected chi connectivity index (χ3v) is 2.88. The average molecular weight is 228 g/mol. The van der Waals surface area contributed by atoms with E-state index in [-0.39, 0.29) is 0 Å². The highest BCUT2D eigenvalue weighted by atomic mass is 16.5. The van der Waals surface area contributed by atoms with Crippen LogP contribution in [0.5, 0.6) is 5.75 Å². The van der Waals surface area contributed by atoms with Gasteiger partial charge in [0.25, 0.3) is 0 Å². The molecule has 2 aromatic rings. The van der Waals surface area contributed by atoms with Crippen LogP contribution in [0.2, 0.25) is 0 Å². The summed E-state index contributed by atoms with van der Waals surface area (Å²) in [6.45, 7) is 1.36. The first-order valence-corrected chi connectivity index (χ1v) is 5.53. The van der Waals surface area contributed by atoms with E-state index in [0.717, 1.165) is 12.3 Å². The van der Waals surface area contributed by atoms with E-state index in [4.69, 9.17) is 11.2 Å². The molecule has 0 amide bonds. The van der Waals surface area contributed by atoms with E-state index >= 15 is 0 Å². The zero-order chi connectivity index (χ0) is 12.3. The number of rotatable bonds is 4. The molecule has 0 bridgehead atoms. The molecule has 3 nitrogen and oxygen atoms in total. The fourth-order valence-corrected chi connectivity index (χ4v) is 1.94. The summed E-state index contributed by atoms with van der Waals surface area (Å²) in [7, 11) is 3.74. The molecular weight excluding hydrogens is 212 g/mol. The van der Waals surface area contributed by atoms with Crippen molar-refractivity contribution < 1.29 is 4.74 Å². The average Bonchev–Trinajstić information content (AvgIpc) is 2.66. The molecule has 0 fully saturated rings. The molecule has 2 rings (SSSR count). The standard InChI is InChI=1S/C14H16N2O/c1-4-7-15-10-12-8-11-9-13(17-3)5-6-14(11)16(12)2/h1,5-6,8-9,15H,7,10H2,2-3H3. The van der Waals surface area contributed by atoms with Gasteiger partial charge in [-0.1, -0.05) is 5.92 Å². The quantitative estimate of drug-likeness (QED) is 0.639. The molecule has 17 heavy (non-hydrogen) atoms. The van der Waals surface area contributed by atoms with Gasteiger partial charge in [0.15, 0.2) is 0 Å². The van der Waals surface area contributed by atoms with Gasteiger partial charge >= 0.3 is 0 Å². The molecule has 1 aromatic heterocycles. The largest absolute Gasteiger partial charge is 0.497 e. The Morgan fingerprint density at radius 2 is 2.24 bits per heavy atom. The molecule has 0 aliphatic heterocycles. The fourth-order valence-electron chi connectivity index (χ4n) is 1.94. The minimum atomic E-state index is 0.588. The van der Waals surface area contributed by atoms with Crippen LogP contribution in [0.3, 0.4) is 0 Å². The van der Waals surface area contributed by atoms with Crippen LogP contribution in [-0.4, -0.2) is 18.2 Å². The smallest absolute Gasteiger partial charge is 0.119 e. The van der Waals surface area contributed by atoms with Gasteiger partial charge in [-0.3, -0.25) is 0 Å². The van der Waals surface area contributed by atoms with Gasteiger partial charge in [-0.05, 0) is 24.3 Å². The number of aryl methyl sites for hydroxylation is 1. The molecule has 0 atom stereocenters. The summed E-state index contributed by atoms with van der Waals surface area (Å²) in [6.07, 6.45) is 5.21. The second kappa shape index (κ2) is 4.94. The first-order chi connectivity index (χ1) is 8.26. The van der Waals surface area contributed by atoms with Gasteiger partial charge in [-0.15, -0.1) is 6.42 Å². The maximum Gasteiger partial charge on any atom is 0.119 e. The van der Waals surface area contributed by atoms with E-state index in [0.29, 0.717) is 6.54 Å². The number of hydrogen-bond donors (Lipinski definition) is 1. The van der Waals surface area contributed by atoms with Crippen molar-refractivity contribution in [2.45, 2.75) is 6.54 Å². The third kappa shape index (κ3) is 2.27. The van der Waals surface area contributed by atoms with Crippen LogP contribution < -0.4 is 10.1 Å². The molecule has 0 spiro atoms. The highest BCUT2D eigenvalue weighted by Gasteiger charge is 2.05. The van der Waals surface area contributed by atoms with Gasteiger partial charge in [0.05, 0.1) is 13.7 Å². The molecular formula is C14H16N2O. The minimum Gasteiger partial charge on any atom is -0.497 e. The summed E-state index contributed by atoms with van der Waals surface area (Å²) in [5.74, 6) is 3.45. The number of methoxy groups -OCH3 is 1. The van der Waals surface area contributed by atoms with Gasteiger partial charge < -0.3 is 14.6 Å². The van der Waals surface area contributed by atoms with Gasteiger partial charge in [-0.2, -0.15) is 0 Å². The Bertz CT molecular complexity index is 563. The van der Waals surface area contributed by atoms with Gasteiger partial charge in [-0.25, -0.2) is 0 Å². The van der Waals surface area contributed by atoms with Gasteiger partial charge in [0, 0.05) is 30.2 Å². The number of benzene rings is 1. The van der Waals surface area contributed by atoms with Crippen molar-refractivity contribution in [2.75, 3.05) is 13.7 Å². The minimum absolute atomic E-state index is 0.588. The van der Waals surface area contributed by atoms with Crippen LogP contribution >= 0.6 is 0 Å². The van der Waals surface area contributed by atoms with Crippen molar-refractivity contribution in [1.82, 2.24) is 9.88 Å². The van der Waals surface area contributed by atoms with Crippen LogP contribution in [0, 0.1) is 12.3 Å². The van der Waals surface area contributed by atoms with Crippen molar-refractivity contribution in [2.24, 2.45) is 7.05 Å². The number of aromatic nitrogens is 1. The summed E-state index contributed by atoms with van der Waals surface area (Å²) in [4.78, 5) is 0. The molecule has 0 unspecified atom stereocenters. The fraction of sp³-hybridized carbons (Fsp3) is 0.286. The van der Waals surface area contributed by atoms with Crippen LogP contribution in [0.1, 0.15) is 5.69 Å². The normalized spacial score (nSPS) is 10.4. The van der Waals surface area contributed by atoms with Crippen molar-refractivity contribution in [3.8, 4) is 18.1 Å². The summed E-state index contributed by atoms with van der Waals surface area (Å²) in [5.41, 5.74) is 2.41. The molecule has 1 aromatic carbocycles. The van der Waals surface area contributed by atoms with Gasteiger partial charge in [0.1, 0.15) is 5.75 Å². The Kier molecular flexibility index (Phi) is 3.36. The Hall–Kier alpha value is -1.92. The Morgan fingerprint density at radius 3 is 2.94 bits per heavy atom. The molecule has 0 aliphatic carbocycles. The number of hydrogen-bond acceptors (Lipinski definition) is 2. The van der Waals surface area contributed by atoms with Crippen molar-refractivity contribution in [3.05, 3.63) is 30.0 Å². The Morgan fingerprint density at radius 1 is 1.41 bits per heavy atom. The number of nitrogens with zero attached hydrogens (tertiary/aromatic N) is 1. The summed E-state index contributed by atoms with van der Waals surface area (Å²) in [6, 6.07) is 8.24. The number of nitrogens with one attached hydrogen (secondary N) is 1. The summed E-state index contributed by atoms with van der Waals surface area (Å²) < 4.78 is 7.38. The van der Waals surface area contributed by atoms with Crippen LogP contribution in [-0.2, 0) is 13.6 Å². The maximum absolute atomic E-state index is 5.22. The predicted molar refractivity (Wildman–Crippen MR) is 70.0 cm³/mol. The summed E-state index contributed by atoms with van der Waals surface area (Å²) in [5, 5.41) is 4.38. The zero-order valence-corrected chi connectivity index (χ0v) is 10.2. The SMILES string of the molecule is C#CCNCc1cc2cc(OC)ccc2n1C. The lowest BCUT2D eigenvalue weighted by atomic mass is 10.2. The third-order valence-electron chi connectivity index (χ3n) is 2.88. The number of ether oxygens (including phenoxy) is 1. The second-order valence-corrected chi connectivity index (χ2v) is 3.93. The first-order valence-electron chi connectivity index (χ1n) is 5.53. The zero-order valence-electron chi connectivity index (χ0n) is 10.2. The van der Waals surface area contributed by atoms with E-state index < -0.39 is 0 Å². The molecule has 0 aliphatic rings. The van der Waals surface area contributed by atoms with E-state index in [2.05, 4.69) is 35.0 Å². The lowest BCUT2D eigenvalue weighted by Gasteiger charge is -2.04. The molecule has 1 N–H and O–H groups in total. The molecule has 0 saturated heterocycles. The maximum atomic E-state index is 5.22. The predicted octanol–water partition coefficient (Wildman–Crippen LogP) is 1.91. The summed E-state index contributed by atoms with van der Waals surface area (Å²) >= 11 is 0. The molecule has 88 valence electrons. The molecule has 3 heteroatoms. The molecule has 1 heterocycles. The second-order valence-electron chi connectivity index (χ2n) is 3.93. The first kappa shape index (κ1) is 11.6. The van der Waals surface area contributed by atoms with Crippen LogP contribution in [0.15, 0.2) is 24.3 Å². The van der Waals surface area contributed by atoms with Crippen molar-refractivity contribution in [3.63, 3.8) is 0 Å². The topological polar surface area (TPSA) is 26.2 Å². The number of terminal acetylenes is 1. The van der Waals surface area contributed by atoms with Crippen molar-refractivity contribution in [1.29, 1.82) is 0 Å². The Labute approximate surface area is 101 Å². The van der Waals surface area contributed by atoms with E-state index in [1.165, 1.54) is 16.6 Å². The Balaban J connectivity index is 2.32. The molecule has 0 radical (unpaired) electrons. The van der Waals surface area contributed by atoms with E-state index in [1.54, 1.807) is 7.11 Å². The van der Waals surface area contributed by atoms with Crippen LogP contribution in [0.4, 0.5) is 0 Å². The number of fused-ring (bicyclic) bond motifs is 1. The molecule has 0 saturated carbocycles. The lowest BCUT2D eigenvalue weighted by Crippen LogP contribution is -2.15. The van der Waals surface area contributed by atoms with E-state index in [9.17, 15) is 0 Å². The van der Waals surface area contributed by atoms with E-state index in [1.807, 2.05) is 12.1 Å². The van der Waals surface area contributed by atoms with Crippen LogP contribution in [0.25, 0.3) is 10.9 Å². The highest BCUT2D eigenvalue weighted by molar-refractivity contribution is 5.82. The van der Waals surface area contributed by atoms with Crippen molar-refractivity contribution >= 4 is 10.9 Å². The highest BCUT2D eigenvalue weighted by Crippen LogP contribution is 2.23. The van der Waals surface area contributed by atoms with Gasteiger partial charge in [0.2, 0.25) is 0 Å². The lowest BCUT2D eigenvalue weighted by molar-refractivity contribution is 0.415. The monoisotopic (exact) mass is 228 g/mol.